The van der Waals surface area contributed by atoms with Crippen molar-refractivity contribution in [2.45, 2.75) is 25.3 Å². The molecule has 1 amide bonds. The maximum atomic E-state index is 13.1. The second-order valence-electron chi connectivity index (χ2n) is 7.26. The van der Waals surface area contributed by atoms with Gasteiger partial charge in [0, 0.05) is 62.1 Å². The van der Waals surface area contributed by atoms with Crippen LogP contribution < -0.4 is 0 Å². The summed E-state index contributed by atoms with van der Waals surface area (Å²) in [6.45, 7) is 2.15. The van der Waals surface area contributed by atoms with Gasteiger partial charge in [-0.25, -0.2) is 9.50 Å². The molecule has 29 heavy (non-hydrogen) atoms. The number of hydrogen-bond acceptors (Lipinski definition) is 6. The van der Waals surface area contributed by atoms with Crippen LogP contribution in [0, 0.1) is 0 Å². The lowest BCUT2D eigenvalue weighted by Crippen LogP contribution is -2.39. The Labute approximate surface area is 167 Å². The number of amides is 1. The van der Waals surface area contributed by atoms with E-state index in [0.717, 1.165) is 31.8 Å². The molecule has 0 saturated carbocycles. The predicted octanol–water partition coefficient (Wildman–Crippen LogP) is 1.78. The summed E-state index contributed by atoms with van der Waals surface area (Å²) < 4.78 is 3.72. The number of hydrogen-bond donors (Lipinski definition) is 0. The zero-order valence-electron chi connectivity index (χ0n) is 15.8. The van der Waals surface area contributed by atoms with E-state index in [0.29, 0.717) is 17.8 Å². The van der Waals surface area contributed by atoms with Gasteiger partial charge >= 0.3 is 0 Å². The van der Waals surface area contributed by atoms with E-state index in [2.05, 4.69) is 30.1 Å². The smallest absolute Gasteiger partial charge is 0.254 e. The van der Waals surface area contributed by atoms with Crippen LogP contribution in [0.4, 0.5) is 0 Å². The fourth-order valence-corrected chi connectivity index (χ4v) is 3.93. The molecule has 0 aromatic carbocycles. The van der Waals surface area contributed by atoms with Crippen LogP contribution in [0.1, 0.15) is 40.5 Å². The lowest BCUT2D eigenvalue weighted by Gasteiger charge is -2.32. The number of nitrogens with zero attached hydrogens (tertiary/aromatic N) is 8. The fraction of sp³-hybridized carbons (Fsp3) is 0.300. The molecule has 146 valence electrons. The van der Waals surface area contributed by atoms with Crippen molar-refractivity contribution in [2.75, 3.05) is 13.1 Å². The minimum atomic E-state index is 0.00689. The Hall–Kier alpha value is -3.62. The van der Waals surface area contributed by atoms with Crippen LogP contribution in [0.15, 0.2) is 55.2 Å². The molecule has 1 saturated heterocycles. The monoisotopic (exact) mass is 388 g/mol. The maximum absolute atomic E-state index is 13.1. The van der Waals surface area contributed by atoms with E-state index in [1.54, 1.807) is 35.2 Å². The normalized spacial score (nSPS) is 17.0. The summed E-state index contributed by atoms with van der Waals surface area (Å²) >= 11 is 0. The summed E-state index contributed by atoms with van der Waals surface area (Å²) in [5.41, 5.74) is 2.35. The molecular formula is C20H20N8O. The van der Waals surface area contributed by atoms with Gasteiger partial charge in [-0.2, -0.15) is 0 Å². The molecule has 1 atom stereocenters. The van der Waals surface area contributed by atoms with E-state index in [4.69, 9.17) is 0 Å². The number of tetrazole rings is 1. The van der Waals surface area contributed by atoms with E-state index in [9.17, 15) is 4.79 Å². The maximum Gasteiger partial charge on any atom is 0.254 e. The summed E-state index contributed by atoms with van der Waals surface area (Å²) in [7, 11) is 0. The highest BCUT2D eigenvalue weighted by atomic mass is 16.2. The number of aromatic nitrogens is 7. The molecule has 4 aromatic heterocycles. The highest BCUT2D eigenvalue weighted by Crippen LogP contribution is 2.27. The highest BCUT2D eigenvalue weighted by molar-refractivity contribution is 5.95. The Morgan fingerprint density at radius 2 is 2.03 bits per heavy atom. The average Bonchev–Trinajstić information content (AvgIpc) is 3.43. The van der Waals surface area contributed by atoms with Gasteiger partial charge < -0.3 is 9.47 Å². The standard InChI is InChI=1S/C20H20N8O/c29-20(16-5-10-28-18(12-16)23-24-25-28)27-9-1-2-17(14-27)19-22-8-11-26(19)13-15-3-6-21-7-4-15/h3-8,10-12,17H,1-2,9,13-14H2/t17-/m0/s1. The number of carbonyl (C=O) groups is 1. The molecule has 1 aliphatic heterocycles. The minimum Gasteiger partial charge on any atom is -0.338 e. The molecule has 1 fully saturated rings. The van der Waals surface area contributed by atoms with Crippen LogP contribution in [0.25, 0.3) is 5.65 Å². The Kier molecular flexibility index (Phi) is 4.47. The summed E-state index contributed by atoms with van der Waals surface area (Å²) in [5.74, 6) is 1.24. The lowest BCUT2D eigenvalue weighted by atomic mass is 9.96. The summed E-state index contributed by atoms with van der Waals surface area (Å²) in [6.07, 6.45) is 11.1. The van der Waals surface area contributed by atoms with Crippen LogP contribution in [-0.2, 0) is 6.54 Å². The third kappa shape index (κ3) is 3.46. The van der Waals surface area contributed by atoms with Crippen LogP contribution in [0.2, 0.25) is 0 Å². The first-order valence-electron chi connectivity index (χ1n) is 9.65. The minimum absolute atomic E-state index is 0.00689. The van der Waals surface area contributed by atoms with E-state index in [-0.39, 0.29) is 11.8 Å². The van der Waals surface area contributed by atoms with Gasteiger partial charge in [0.25, 0.3) is 5.91 Å². The summed E-state index contributed by atoms with van der Waals surface area (Å²) in [5, 5.41) is 11.4. The molecule has 0 bridgehead atoms. The number of piperidine rings is 1. The second-order valence-corrected chi connectivity index (χ2v) is 7.26. The van der Waals surface area contributed by atoms with Crippen LogP contribution in [-0.4, -0.2) is 58.5 Å². The Morgan fingerprint density at radius 1 is 1.14 bits per heavy atom. The third-order valence-electron chi connectivity index (χ3n) is 5.37. The average molecular weight is 388 g/mol. The number of likely N-dealkylation sites (tertiary alicyclic amines) is 1. The Bertz CT molecular complexity index is 1140. The van der Waals surface area contributed by atoms with Crippen LogP contribution in [0.5, 0.6) is 0 Å². The van der Waals surface area contributed by atoms with E-state index in [1.807, 2.05) is 29.4 Å². The molecule has 0 spiro atoms. The van der Waals surface area contributed by atoms with Gasteiger partial charge in [0.1, 0.15) is 5.82 Å². The van der Waals surface area contributed by atoms with Crippen molar-refractivity contribution in [3.8, 4) is 0 Å². The molecule has 1 aliphatic rings. The van der Waals surface area contributed by atoms with Gasteiger partial charge in [-0.1, -0.05) is 0 Å². The first-order valence-corrected chi connectivity index (χ1v) is 9.65. The van der Waals surface area contributed by atoms with Crippen LogP contribution in [0.3, 0.4) is 0 Å². The van der Waals surface area contributed by atoms with Crippen molar-refractivity contribution in [3.63, 3.8) is 0 Å². The zero-order valence-corrected chi connectivity index (χ0v) is 15.8. The first kappa shape index (κ1) is 17.5. The number of pyridine rings is 2. The predicted molar refractivity (Wildman–Crippen MR) is 104 cm³/mol. The SMILES string of the molecule is O=C(c1ccn2nnnc2c1)N1CCC[C@H](c2nccn2Cc2ccncc2)C1. The van der Waals surface area contributed by atoms with Gasteiger partial charge in [0.15, 0.2) is 5.65 Å². The zero-order chi connectivity index (χ0) is 19.6. The van der Waals surface area contributed by atoms with Crippen molar-refractivity contribution >= 4 is 11.6 Å². The molecule has 0 unspecified atom stereocenters. The number of carbonyl (C=O) groups excluding carboxylic acids is 1. The van der Waals surface area contributed by atoms with Crippen LogP contribution >= 0.6 is 0 Å². The molecule has 9 nitrogen and oxygen atoms in total. The van der Waals surface area contributed by atoms with E-state index >= 15 is 0 Å². The van der Waals surface area contributed by atoms with Crippen molar-refractivity contribution in [1.82, 2.24) is 39.5 Å². The molecule has 0 radical (unpaired) electrons. The van der Waals surface area contributed by atoms with E-state index in [1.165, 1.54) is 5.56 Å². The molecule has 0 N–H and O–H groups in total. The molecule has 0 aliphatic carbocycles. The van der Waals surface area contributed by atoms with Crippen molar-refractivity contribution < 1.29 is 4.79 Å². The molecule has 9 heteroatoms. The van der Waals surface area contributed by atoms with Crippen molar-refractivity contribution in [1.29, 1.82) is 0 Å². The van der Waals surface area contributed by atoms with Crippen molar-refractivity contribution in [3.05, 3.63) is 72.2 Å². The van der Waals surface area contributed by atoms with Crippen molar-refractivity contribution in [2.24, 2.45) is 0 Å². The van der Waals surface area contributed by atoms with Gasteiger partial charge in [-0.3, -0.25) is 9.78 Å². The number of fused-ring (bicyclic) bond motifs is 1. The van der Waals surface area contributed by atoms with Gasteiger partial charge in [-0.05, 0) is 53.1 Å². The first-order chi connectivity index (χ1) is 14.3. The number of imidazole rings is 1. The summed E-state index contributed by atoms with van der Waals surface area (Å²) in [6, 6.07) is 7.52. The number of rotatable bonds is 4. The molecule has 4 aromatic rings. The van der Waals surface area contributed by atoms with Gasteiger partial charge in [-0.15, -0.1) is 5.10 Å². The topological polar surface area (TPSA) is 94.1 Å². The summed E-state index contributed by atoms with van der Waals surface area (Å²) in [4.78, 5) is 23.7. The van der Waals surface area contributed by atoms with Gasteiger partial charge in [0.05, 0.1) is 0 Å². The Balaban J connectivity index is 1.34. The Morgan fingerprint density at radius 3 is 2.93 bits per heavy atom. The van der Waals surface area contributed by atoms with E-state index < -0.39 is 0 Å². The molecule has 5 heterocycles. The highest BCUT2D eigenvalue weighted by Gasteiger charge is 2.28. The molecule has 5 rings (SSSR count). The fourth-order valence-electron chi connectivity index (χ4n) is 3.93. The quantitative estimate of drug-likeness (QED) is 0.529. The molecular weight excluding hydrogens is 368 g/mol. The van der Waals surface area contributed by atoms with Gasteiger partial charge in [0.2, 0.25) is 0 Å². The largest absolute Gasteiger partial charge is 0.338 e. The second kappa shape index (κ2) is 7.42. The third-order valence-corrected chi connectivity index (χ3v) is 5.37. The lowest BCUT2D eigenvalue weighted by molar-refractivity contribution is 0.0703.